The predicted octanol–water partition coefficient (Wildman–Crippen LogP) is 2.20. The van der Waals surface area contributed by atoms with Gasteiger partial charge >= 0.3 is 0 Å². The molecule has 0 spiro atoms. The number of sulfone groups is 2. The van der Waals surface area contributed by atoms with Gasteiger partial charge < -0.3 is 5.11 Å². The highest BCUT2D eigenvalue weighted by Crippen LogP contribution is 2.14. The van der Waals surface area contributed by atoms with Crippen LogP contribution in [0.15, 0.2) is 81.9 Å². The van der Waals surface area contributed by atoms with E-state index in [-0.39, 0.29) is 22.0 Å². The van der Waals surface area contributed by atoms with Gasteiger partial charge in [-0.05, 0) is 36.8 Å². The average Bonchev–Trinajstić information content (AvgIpc) is 2.60. The Morgan fingerprint density at radius 1 is 0.833 bits per heavy atom. The van der Waals surface area contributed by atoms with Crippen LogP contribution in [0, 0.1) is 0 Å². The SMILES string of the molecule is O=S(=O)(/C=C/[C@@H](O)CCS(=O)(=O)c1ccccc1)c1ccccc1. The topological polar surface area (TPSA) is 88.5 Å². The number of aliphatic hydroxyl groups excluding tert-OH is 1. The zero-order valence-corrected chi connectivity index (χ0v) is 14.4. The first-order valence-electron chi connectivity index (χ1n) is 7.25. The summed E-state index contributed by atoms with van der Waals surface area (Å²) in [7, 11) is -7.16. The van der Waals surface area contributed by atoms with Crippen LogP contribution in [-0.2, 0) is 19.7 Å². The minimum atomic E-state index is -3.65. The minimum Gasteiger partial charge on any atom is -0.389 e. The largest absolute Gasteiger partial charge is 0.389 e. The van der Waals surface area contributed by atoms with Gasteiger partial charge in [-0.1, -0.05) is 36.4 Å². The van der Waals surface area contributed by atoms with Gasteiger partial charge in [0.1, 0.15) is 0 Å². The lowest BCUT2D eigenvalue weighted by atomic mass is 10.3. The molecule has 5 nitrogen and oxygen atoms in total. The van der Waals surface area contributed by atoms with Crippen LogP contribution in [0.25, 0.3) is 0 Å². The maximum absolute atomic E-state index is 12.1. The van der Waals surface area contributed by atoms with Crippen molar-refractivity contribution in [3.63, 3.8) is 0 Å². The number of aliphatic hydroxyl groups is 1. The molecule has 0 bridgehead atoms. The summed E-state index contributed by atoms with van der Waals surface area (Å²) in [5.74, 6) is -0.270. The minimum absolute atomic E-state index is 0.0853. The van der Waals surface area contributed by atoms with Crippen molar-refractivity contribution in [1.82, 2.24) is 0 Å². The molecular weight excluding hydrogens is 348 g/mol. The van der Waals surface area contributed by atoms with Crippen molar-refractivity contribution in [2.45, 2.75) is 22.3 Å². The van der Waals surface area contributed by atoms with Crippen molar-refractivity contribution in [2.75, 3.05) is 5.75 Å². The summed E-state index contributed by atoms with van der Waals surface area (Å²) in [6.07, 6.45) is -0.150. The predicted molar refractivity (Wildman–Crippen MR) is 91.9 cm³/mol. The van der Waals surface area contributed by atoms with Crippen LogP contribution in [0.5, 0.6) is 0 Å². The van der Waals surface area contributed by atoms with E-state index in [1.54, 1.807) is 36.4 Å². The first-order valence-corrected chi connectivity index (χ1v) is 10.5. The van der Waals surface area contributed by atoms with Gasteiger partial charge in [-0.15, -0.1) is 0 Å². The van der Waals surface area contributed by atoms with E-state index in [1.165, 1.54) is 24.3 Å². The molecule has 1 N–H and O–H groups in total. The van der Waals surface area contributed by atoms with Crippen LogP contribution in [0.2, 0.25) is 0 Å². The van der Waals surface area contributed by atoms with Crippen molar-refractivity contribution in [1.29, 1.82) is 0 Å². The van der Waals surface area contributed by atoms with Crippen LogP contribution in [0.4, 0.5) is 0 Å². The van der Waals surface area contributed by atoms with Gasteiger partial charge in [0.2, 0.25) is 0 Å². The van der Waals surface area contributed by atoms with E-state index in [2.05, 4.69) is 0 Å². The summed E-state index contributed by atoms with van der Waals surface area (Å²) in [6.45, 7) is 0. The van der Waals surface area contributed by atoms with Gasteiger partial charge in [0, 0.05) is 5.41 Å². The number of rotatable bonds is 7. The third kappa shape index (κ3) is 5.02. The van der Waals surface area contributed by atoms with Gasteiger partial charge in [0.05, 0.1) is 21.6 Å². The molecule has 0 unspecified atom stereocenters. The van der Waals surface area contributed by atoms with E-state index < -0.39 is 25.8 Å². The Balaban J connectivity index is 2.00. The molecule has 0 aliphatic carbocycles. The summed E-state index contributed by atoms with van der Waals surface area (Å²) in [5.41, 5.74) is 0. The molecule has 1 atom stereocenters. The molecule has 0 saturated carbocycles. The van der Waals surface area contributed by atoms with E-state index in [0.29, 0.717) is 0 Å². The second kappa shape index (κ2) is 7.74. The van der Waals surface area contributed by atoms with Gasteiger partial charge in [-0.2, -0.15) is 0 Å². The van der Waals surface area contributed by atoms with E-state index in [4.69, 9.17) is 0 Å². The summed E-state index contributed by atoms with van der Waals surface area (Å²) < 4.78 is 48.3. The van der Waals surface area contributed by atoms with Crippen molar-refractivity contribution < 1.29 is 21.9 Å². The van der Waals surface area contributed by atoms with E-state index >= 15 is 0 Å². The molecule has 2 rings (SSSR count). The van der Waals surface area contributed by atoms with Crippen LogP contribution < -0.4 is 0 Å². The van der Waals surface area contributed by atoms with Crippen LogP contribution >= 0.6 is 0 Å². The van der Waals surface area contributed by atoms with Crippen molar-refractivity contribution in [3.8, 4) is 0 Å². The van der Waals surface area contributed by atoms with Crippen LogP contribution in [0.1, 0.15) is 6.42 Å². The highest BCUT2D eigenvalue weighted by Gasteiger charge is 2.16. The molecule has 0 saturated heterocycles. The Hall–Kier alpha value is -1.96. The van der Waals surface area contributed by atoms with E-state index in [0.717, 1.165) is 11.5 Å². The molecule has 128 valence electrons. The molecule has 2 aromatic carbocycles. The summed E-state index contributed by atoms with van der Waals surface area (Å²) in [6, 6.07) is 15.7. The molecule has 0 amide bonds. The lowest BCUT2D eigenvalue weighted by Gasteiger charge is -2.07. The molecule has 0 aliphatic heterocycles. The number of benzene rings is 2. The Kier molecular flexibility index (Phi) is 5.93. The van der Waals surface area contributed by atoms with Gasteiger partial charge in [0.25, 0.3) is 0 Å². The molecule has 24 heavy (non-hydrogen) atoms. The highest BCUT2D eigenvalue weighted by molar-refractivity contribution is 7.94. The second-order valence-electron chi connectivity index (χ2n) is 5.17. The lowest BCUT2D eigenvalue weighted by Crippen LogP contribution is -2.13. The summed E-state index contributed by atoms with van der Waals surface area (Å²) >= 11 is 0. The Labute approximate surface area is 142 Å². The maximum atomic E-state index is 12.1. The van der Waals surface area contributed by atoms with Crippen LogP contribution in [0.3, 0.4) is 0 Å². The first kappa shape index (κ1) is 18.4. The normalized spacial score (nSPS) is 13.9. The van der Waals surface area contributed by atoms with Crippen LogP contribution in [-0.4, -0.2) is 33.8 Å². The number of hydrogen-bond acceptors (Lipinski definition) is 5. The Morgan fingerprint density at radius 2 is 1.33 bits per heavy atom. The van der Waals surface area contributed by atoms with E-state index in [9.17, 15) is 21.9 Å². The third-order valence-corrected chi connectivity index (χ3v) is 6.54. The number of hydrogen-bond donors (Lipinski definition) is 1. The second-order valence-corrected chi connectivity index (χ2v) is 9.12. The van der Waals surface area contributed by atoms with Crippen molar-refractivity contribution in [3.05, 3.63) is 72.1 Å². The van der Waals surface area contributed by atoms with Gasteiger partial charge in [0.15, 0.2) is 19.7 Å². The van der Waals surface area contributed by atoms with Gasteiger partial charge in [-0.3, -0.25) is 0 Å². The maximum Gasteiger partial charge on any atom is 0.199 e. The Bertz CT molecular complexity index is 887. The average molecular weight is 366 g/mol. The fourth-order valence-electron chi connectivity index (χ4n) is 2.00. The quantitative estimate of drug-likeness (QED) is 0.811. The zero-order valence-electron chi connectivity index (χ0n) is 12.8. The fourth-order valence-corrected chi connectivity index (χ4v) is 4.44. The van der Waals surface area contributed by atoms with Crippen molar-refractivity contribution >= 4 is 19.7 Å². The molecule has 0 heterocycles. The third-order valence-electron chi connectivity index (χ3n) is 3.34. The monoisotopic (exact) mass is 366 g/mol. The molecular formula is C17H18O5S2. The molecule has 0 radical (unpaired) electrons. The van der Waals surface area contributed by atoms with Gasteiger partial charge in [-0.25, -0.2) is 16.8 Å². The standard InChI is InChI=1S/C17H18O5S2/c18-15(11-13-23(19,20)16-7-3-1-4-8-16)12-14-24(21,22)17-9-5-2-6-10-17/h1-11,13,15,18H,12,14H2/b13-11+/t15-/m1/s1. The highest BCUT2D eigenvalue weighted by atomic mass is 32.2. The van der Waals surface area contributed by atoms with Crippen molar-refractivity contribution in [2.24, 2.45) is 0 Å². The molecule has 0 aliphatic rings. The summed E-state index contributed by atoms with van der Waals surface area (Å²) in [4.78, 5) is 0.295. The lowest BCUT2D eigenvalue weighted by molar-refractivity contribution is 0.220. The zero-order chi connectivity index (χ0) is 17.6. The smallest absolute Gasteiger partial charge is 0.199 e. The summed E-state index contributed by atoms with van der Waals surface area (Å²) in [5, 5.41) is 10.8. The molecule has 2 aromatic rings. The van der Waals surface area contributed by atoms with E-state index in [1.807, 2.05) is 0 Å². The fraction of sp³-hybridized carbons (Fsp3) is 0.176. The first-order chi connectivity index (χ1) is 11.3. The molecule has 7 heteroatoms. The Morgan fingerprint density at radius 3 is 1.88 bits per heavy atom. The molecule has 0 aromatic heterocycles. The molecule has 0 fully saturated rings.